The molecule has 1 heterocycles. The van der Waals surface area contributed by atoms with Gasteiger partial charge in [-0.2, -0.15) is 0 Å². The molecule has 0 aliphatic carbocycles. The van der Waals surface area contributed by atoms with E-state index >= 15 is 0 Å². The van der Waals surface area contributed by atoms with Crippen LogP contribution in [-0.2, 0) is 0 Å². The van der Waals surface area contributed by atoms with Crippen LogP contribution < -0.4 is 10.5 Å². The van der Waals surface area contributed by atoms with Crippen molar-refractivity contribution in [2.45, 2.75) is 16.2 Å². The summed E-state index contributed by atoms with van der Waals surface area (Å²) in [6, 6.07) is 2.81. The summed E-state index contributed by atoms with van der Waals surface area (Å²) in [4.78, 5) is 0.423. The van der Waals surface area contributed by atoms with Crippen molar-refractivity contribution in [3.8, 4) is 5.75 Å². The number of methoxy groups -OCH3 is 1. The van der Waals surface area contributed by atoms with Gasteiger partial charge >= 0.3 is 0 Å². The fourth-order valence-corrected chi connectivity index (χ4v) is 3.02. The maximum absolute atomic E-state index is 13.7. The third-order valence-electron chi connectivity index (χ3n) is 1.99. The quantitative estimate of drug-likeness (QED) is 0.870. The summed E-state index contributed by atoms with van der Waals surface area (Å²) in [6.45, 7) is 1.85. The molecule has 90 valence electrons. The Bertz CT molecular complexity index is 544. The molecular formula is C10H10FN3OS2. The number of nitrogens with zero attached hydrogens (tertiary/aromatic N) is 2. The zero-order chi connectivity index (χ0) is 12.4. The van der Waals surface area contributed by atoms with Crippen LogP contribution in [0.2, 0.25) is 0 Å². The molecule has 0 aliphatic heterocycles. The van der Waals surface area contributed by atoms with Crippen LogP contribution in [-0.4, -0.2) is 17.3 Å². The number of anilines is 1. The first-order chi connectivity index (χ1) is 8.10. The molecule has 0 bridgehead atoms. The highest BCUT2D eigenvalue weighted by molar-refractivity contribution is 8.01. The van der Waals surface area contributed by atoms with Crippen LogP contribution in [0.15, 0.2) is 21.4 Å². The van der Waals surface area contributed by atoms with E-state index in [0.717, 1.165) is 5.01 Å². The highest BCUT2D eigenvalue weighted by Gasteiger charge is 2.12. The van der Waals surface area contributed by atoms with Crippen molar-refractivity contribution in [1.82, 2.24) is 10.2 Å². The molecule has 0 spiro atoms. The first-order valence-electron chi connectivity index (χ1n) is 4.71. The third-order valence-corrected chi connectivity index (χ3v) is 3.91. The van der Waals surface area contributed by atoms with E-state index in [2.05, 4.69) is 10.2 Å². The number of ether oxygens (including phenoxy) is 1. The normalized spacial score (nSPS) is 10.5. The lowest BCUT2D eigenvalue weighted by Gasteiger charge is -2.07. The topological polar surface area (TPSA) is 61.0 Å². The molecule has 1 aromatic heterocycles. The Morgan fingerprint density at radius 3 is 2.76 bits per heavy atom. The standard InChI is InChI=1S/C10H10FN3OS2/c1-5-13-14-10(16-5)17-9-4-8(15-2)7(12)3-6(9)11/h3-4H,12H2,1-2H3. The van der Waals surface area contributed by atoms with Crippen LogP contribution in [0.25, 0.3) is 0 Å². The summed E-state index contributed by atoms with van der Waals surface area (Å²) in [5.41, 5.74) is 5.88. The van der Waals surface area contributed by atoms with E-state index in [-0.39, 0.29) is 11.5 Å². The number of aryl methyl sites for hydroxylation is 1. The minimum absolute atomic E-state index is 0.280. The molecule has 2 aromatic rings. The van der Waals surface area contributed by atoms with Gasteiger partial charge in [-0.1, -0.05) is 23.1 Å². The highest BCUT2D eigenvalue weighted by Crippen LogP contribution is 2.36. The molecule has 0 atom stereocenters. The molecule has 17 heavy (non-hydrogen) atoms. The van der Waals surface area contributed by atoms with E-state index < -0.39 is 0 Å². The lowest BCUT2D eigenvalue weighted by atomic mass is 10.3. The Morgan fingerprint density at radius 1 is 1.41 bits per heavy atom. The van der Waals surface area contributed by atoms with E-state index in [1.54, 1.807) is 6.07 Å². The van der Waals surface area contributed by atoms with Crippen molar-refractivity contribution < 1.29 is 9.13 Å². The number of aromatic nitrogens is 2. The Kier molecular flexibility index (Phi) is 3.49. The average Bonchev–Trinajstić information content (AvgIpc) is 2.68. The molecule has 0 aliphatic rings. The molecule has 2 N–H and O–H groups in total. The Balaban J connectivity index is 2.32. The summed E-state index contributed by atoms with van der Waals surface area (Å²) in [6.07, 6.45) is 0. The van der Waals surface area contributed by atoms with Crippen molar-refractivity contribution in [2.24, 2.45) is 0 Å². The van der Waals surface area contributed by atoms with E-state index in [1.165, 1.54) is 36.3 Å². The zero-order valence-electron chi connectivity index (χ0n) is 9.23. The van der Waals surface area contributed by atoms with Crippen LogP contribution in [0, 0.1) is 12.7 Å². The van der Waals surface area contributed by atoms with Crippen molar-refractivity contribution in [2.75, 3.05) is 12.8 Å². The molecule has 1 aromatic carbocycles. The predicted molar refractivity (Wildman–Crippen MR) is 66.1 cm³/mol. The van der Waals surface area contributed by atoms with Gasteiger partial charge in [-0.3, -0.25) is 0 Å². The lowest BCUT2D eigenvalue weighted by Crippen LogP contribution is -1.94. The van der Waals surface area contributed by atoms with Crippen LogP contribution in [0.4, 0.5) is 10.1 Å². The third kappa shape index (κ3) is 2.67. The largest absolute Gasteiger partial charge is 0.495 e. The molecule has 0 saturated carbocycles. The van der Waals surface area contributed by atoms with Gasteiger partial charge < -0.3 is 10.5 Å². The summed E-state index contributed by atoms with van der Waals surface area (Å²) >= 11 is 2.62. The summed E-state index contributed by atoms with van der Waals surface area (Å²) in [5, 5.41) is 8.64. The van der Waals surface area contributed by atoms with Crippen LogP contribution >= 0.6 is 23.1 Å². The molecule has 7 heteroatoms. The van der Waals surface area contributed by atoms with E-state index in [9.17, 15) is 4.39 Å². The minimum atomic E-state index is -0.388. The first kappa shape index (κ1) is 12.1. The number of nitrogens with two attached hydrogens (primary N) is 1. The van der Waals surface area contributed by atoms with Gasteiger partial charge in [0.15, 0.2) is 4.34 Å². The summed E-state index contributed by atoms with van der Waals surface area (Å²) in [7, 11) is 1.49. The fourth-order valence-electron chi connectivity index (χ4n) is 1.22. The molecule has 0 radical (unpaired) electrons. The number of nitrogen functional groups attached to an aromatic ring is 1. The fraction of sp³-hybridized carbons (Fsp3) is 0.200. The lowest BCUT2D eigenvalue weighted by molar-refractivity contribution is 0.414. The predicted octanol–water partition coefficient (Wildman–Crippen LogP) is 2.73. The second-order valence-corrected chi connectivity index (χ2v) is 5.68. The van der Waals surface area contributed by atoms with Gasteiger partial charge in [-0.25, -0.2) is 4.39 Å². The maximum atomic E-state index is 13.7. The van der Waals surface area contributed by atoms with Gasteiger partial charge in [0, 0.05) is 6.07 Å². The Labute approximate surface area is 106 Å². The number of benzene rings is 1. The smallest absolute Gasteiger partial charge is 0.179 e. The van der Waals surface area contributed by atoms with Crippen molar-refractivity contribution in [3.05, 3.63) is 23.0 Å². The van der Waals surface area contributed by atoms with Gasteiger partial charge in [0.05, 0.1) is 17.7 Å². The average molecular weight is 271 g/mol. The van der Waals surface area contributed by atoms with Crippen molar-refractivity contribution in [1.29, 1.82) is 0 Å². The van der Waals surface area contributed by atoms with Crippen LogP contribution in [0.1, 0.15) is 5.01 Å². The van der Waals surface area contributed by atoms with Crippen molar-refractivity contribution >= 4 is 28.8 Å². The monoisotopic (exact) mass is 271 g/mol. The van der Waals surface area contributed by atoms with Gasteiger partial charge in [-0.15, -0.1) is 10.2 Å². The van der Waals surface area contributed by atoms with Crippen molar-refractivity contribution in [3.63, 3.8) is 0 Å². The second-order valence-electron chi connectivity index (χ2n) is 3.21. The number of hydrogen-bond donors (Lipinski definition) is 1. The Morgan fingerprint density at radius 2 is 2.18 bits per heavy atom. The zero-order valence-corrected chi connectivity index (χ0v) is 10.9. The number of hydrogen-bond acceptors (Lipinski definition) is 6. The molecule has 0 amide bonds. The second kappa shape index (κ2) is 4.89. The van der Waals surface area contributed by atoms with Gasteiger partial charge in [0.2, 0.25) is 0 Å². The highest BCUT2D eigenvalue weighted by atomic mass is 32.2. The Hall–Kier alpha value is -1.34. The van der Waals surface area contributed by atoms with Gasteiger partial charge in [0.1, 0.15) is 16.6 Å². The molecular weight excluding hydrogens is 261 g/mol. The first-order valence-corrected chi connectivity index (χ1v) is 6.34. The van der Waals surface area contributed by atoms with Crippen LogP contribution in [0.5, 0.6) is 5.75 Å². The molecule has 0 unspecified atom stereocenters. The minimum Gasteiger partial charge on any atom is -0.495 e. The molecule has 0 fully saturated rings. The summed E-state index contributed by atoms with van der Waals surface area (Å²) in [5.74, 6) is 0.0660. The number of halogens is 1. The van der Waals surface area contributed by atoms with Gasteiger partial charge in [0.25, 0.3) is 0 Å². The van der Waals surface area contributed by atoms with Crippen LogP contribution in [0.3, 0.4) is 0 Å². The number of rotatable bonds is 3. The van der Waals surface area contributed by atoms with E-state index in [0.29, 0.717) is 15.0 Å². The molecule has 2 rings (SSSR count). The van der Waals surface area contributed by atoms with Gasteiger partial charge in [-0.05, 0) is 13.0 Å². The SMILES string of the molecule is COc1cc(Sc2nnc(C)s2)c(F)cc1N. The van der Waals surface area contributed by atoms with E-state index in [1.807, 2.05) is 6.92 Å². The van der Waals surface area contributed by atoms with E-state index in [4.69, 9.17) is 10.5 Å². The summed E-state index contributed by atoms with van der Waals surface area (Å²) < 4.78 is 19.4. The molecule has 0 saturated heterocycles. The maximum Gasteiger partial charge on any atom is 0.179 e. The molecule has 4 nitrogen and oxygen atoms in total.